The molecule has 1 N–H and O–H groups in total. The summed E-state index contributed by atoms with van der Waals surface area (Å²) >= 11 is 5.98. The van der Waals surface area contributed by atoms with Gasteiger partial charge in [0.15, 0.2) is 9.84 Å². The van der Waals surface area contributed by atoms with E-state index in [2.05, 4.69) is 5.10 Å². The second-order valence-corrected chi connectivity index (χ2v) is 8.49. The number of hydrogen-bond donors (Lipinski definition) is 1. The third-order valence-electron chi connectivity index (χ3n) is 4.02. The van der Waals surface area contributed by atoms with Gasteiger partial charge in [-0.15, -0.1) is 0 Å². The van der Waals surface area contributed by atoms with Crippen molar-refractivity contribution in [2.45, 2.75) is 17.9 Å². The fraction of sp³-hybridized carbons (Fsp3) is 0.211. The Labute approximate surface area is 157 Å². The van der Waals surface area contributed by atoms with Crippen molar-refractivity contribution in [1.29, 1.82) is 0 Å². The maximum atomic E-state index is 11.7. The molecule has 1 heterocycles. The van der Waals surface area contributed by atoms with E-state index in [1.807, 2.05) is 30.5 Å². The number of halogens is 1. The molecular weight excluding hydrogens is 372 g/mol. The molecule has 26 heavy (non-hydrogen) atoms. The van der Waals surface area contributed by atoms with E-state index < -0.39 is 9.84 Å². The molecule has 136 valence electrons. The van der Waals surface area contributed by atoms with E-state index in [9.17, 15) is 8.42 Å². The summed E-state index contributed by atoms with van der Waals surface area (Å²) in [6.45, 7) is 0.688. The maximum absolute atomic E-state index is 11.7. The van der Waals surface area contributed by atoms with Crippen LogP contribution in [-0.2, 0) is 16.4 Å². The van der Waals surface area contributed by atoms with E-state index >= 15 is 0 Å². The van der Waals surface area contributed by atoms with Gasteiger partial charge in [-0.25, -0.2) is 8.42 Å². The minimum Gasteiger partial charge on any atom is -0.396 e. The molecule has 0 saturated heterocycles. The normalized spacial score (nSPS) is 11.7. The van der Waals surface area contributed by atoms with Gasteiger partial charge in [0.1, 0.15) is 5.69 Å². The van der Waals surface area contributed by atoms with Crippen molar-refractivity contribution in [1.82, 2.24) is 9.78 Å². The number of aryl methyl sites for hydroxylation is 1. The first-order valence-corrected chi connectivity index (χ1v) is 10.4. The number of aliphatic hydroxyl groups is 1. The van der Waals surface area contributed by atoms with E-state index in [1.54, 1.807) is 28.9 Å². The fourth-order valence-corrected chi connectivity index (χ4v) is 3.44. The summed E-state index contributed by atoms with van der Waals surface area (Å²) in [6, 6.07) is 14.2. The Kier molecular flexibility index (Phi) is 5.46. The minimum absolute atomic E-state index is 0.0918. The van der Waals surface area contributed by atoms with Gasteiger partial charge in [-0.1, -0.05) is 35.9 Å². The molecule has 0 fully saturated rings. The van der Waals surface area contributed by atoms with Crippen LogP contribution in [0.5, 0.6) is 0 Å². The van der Waals surface area contributed by atoms with Crippen molar-refractivity contribution in [2.24, 2.45) is 0 Å². The van der Waals surface area contributed by atoms with Crippen molar-refractivity contribution in [3.8, 4) is 22.4 Å². The molecular formula is C19H19ClN2O3S. The lowest BCUT2D eigenvalue weighted by Gasteiger charge is -2.04. The van der Waals surface area contributed by atoms with Crippen molar-refractivity contribution in [3.63, 3.8) is 0 Å². The van der Waals surface area contributed by atoms with E-state index in [-0.39, 0.29) is 11.5 Å². The highest BCUT2D eigenvalue weighted by atomic mass is 35.5. The molecule has 7 heteroatoms. The van der Waals surface area contributed by atoms with Gasteiger partial charge in [0.2, 0.25) is 0 Å². The lowest BCUT2D eigenvalue weighted by atomic mass is 10.0. The predicted molar refractivity (Wildman–Crippen MR) is 103 cm³/mol. The van der Waals surface area contributed by atoms with Gasteiger partial charge in [-0.2, -0.15) is 5.10 Å². The number of benzene rings is 2. The number of hydrogen-bond acceptors (Lipinski definition) is 4. The second kappa shape index (κ2) is 7.61. The van der Waals surface area contributed by atoms with Crippen LogP contribution in [-0.4, -0.2) is 36.2 Å². The zero-order valence-corrected chi connectivity index (χ0v) is 15.8. The summed E-state index contributed by atoms with van der Waals surface area (Å²) in [5, 5.41) is 14.3. The lowest BCUT2D eigenvalue weighted by molar-refractivity contribution is 0.277. The highest BCUT2D eigenvalue weighted by molar-refractivity contribution is 7.90. The molecule has 0 bridgehead atoms. The Morgan fingerprint density at radius 3 is 2.23 bits per heavy atom. The van der Waals surface area contributed by atoms with Crippen LogP contribution in [0.4, 0.5) is 0 Å². The molecule has 3 rings (SSSR count). The first kappa shape index (κ1) is 18.6. The Bertz CT molecular complexity index is 994. The number of rotatable bonds is 6. The lowest BCUT2D eigenvalue weighted by Crippen LogP contribution is -2.00. The van der Waals surface area contributed by atoms with Gasteiger partial charge in [-0.3, -0.25) is 4.68 Å². The molecule has 0 aliphatic carbocycles. The molecule has 1 aromatic heterocycles. The van der Waals surface area contributed by atoms with Crippen LogP contribution in [0.1, 0.15) is 6.42 Å². The minimum atomic E-state index is -3.24. The summed E-state index contributed by atoms with van der Waals surface area (Å²) in [5.74, 6) is 0. The molecule has 0 spiro atoms. The highest BCUT2D eigenvalue weighted by Crippen LogP contribution is 2.32. The van der Waals surface area contributed by atoms with Crippen molar-refractivity contribution in [2.75, 3.05) is 12.9 Å². The van der Waals surface area contributed by atoms with Gasteiger partial charge in [0.25, 0.3) is 0 Å². The molecule has 0 amide bonds. The second-order valence-electron chi connectivity index (χ2n) is 6.04. The number of aliphatic hydroxyl groups excluding tert-OH is 1. The van der Waals surface area contributed by atoms with Crippen molar-refractivity contribution in [3.05, 3.63) is 59.8 Å². The molecule has 2 aromatic carbocycles. The summed E-state index contributed by atoms with van der Waals surface area (Å²) < 4.78 is 25.1. The quantitative estimate of drug-likeness (QED) is 0.697. The van der Waals surface area contributed by atoms with Gasteiger partial charge in [0, 0.05) is 41.8 Å². The summed E-state index contributed by atoms with van der Waals surface area (Å²) in [6.07, 6.45) is 3.72. The van der Waals surface area contributed by atoms with Gasteiger partial charge in [0.05, 0.1) is 4.90 Å². The Hall–Kier alpha value is -2.15. The summed E-state index contributed by atoms with van der Waals surface area (Å²) in [4.78, 5) is 0.272. The first-order chi connectivity index (χ1) is 12.4. The molecule has 0 saturated carbocycles. The van der Waals surface area contributed by atoms with Crippen LogP contribution >= 0.6 is 11.6 Å². The van der Waals surface area contributed by atoms with Crippen LogP contribution in [0, 0.1) is 0 Å². The third kappa shape index (κ3) is 4.15. The topological polar surface area (TPSA) is 72.2 Å². The molecule has 0 aliphatic rings. The maximum Gasteiger partial charge on any atom is 0.175 e. The Morgan fingerprint density at radius 1 is 1.04 bits per heavy atom. The van der Waals surface area contributed by atoms with Crippen LogP contribution < -0.4 is 0 Å². The summed E-state index contributed by atoms with van der Waals surface area (Å²) in [7, 11) is -3.24. The SMILES string of the molecule is CS(=O)(=O)c1ccc(-c2nn(CCCO)cc2-c2ccc(Cl)cc2)cc1. The number of nitrogens with zero attached hydrogens (tertiary/aromatic N) is 2. The van der Waals surface area contributed by atoms with Gasteiger partial charge < -0.3 is 5.11 Å². The Balaban J connectivity index is 2.06. The summed E-state index contributed by atoms with van der Waals surface area (Å²) in [5.41, 5.74) is 3.47. The highest BCUT2D eigenvalue weighted by Gasteiger charge is 2.14. The molecule has 0 aliphatic heterocycles. The molecule has 0 atom stereocenters. The van der Waals surface area contributed by atoms with Crippen molar-refractivity contribution < 1.29 is 13.5 Å². The fourth-order valence-electron chi connectivity index (χ4n) is 2.68. The average molecular weight is 391 g/mol. The molecule has 3 aromatic rings. The van der Waals surface area contributed by atoms with Gasteiger partial charge >= 0.3 is 0 Å². The van der Waals surface area contributed by atoms with Crippen LogP contribution in [0.15, 0.2) is 59.6 Å². The standard InChI is InChI=1S/C19H19ClN2O3S/c1-26(24,25)17-9-5-15(6-10-17)19-18(13-22(21-19)11-2-12-23)14-3-7-16(20)8-4-14/h3-10,13,23H,2,11-12H2,1H3. The first-order valence-electron chi connectivity index (χ1n) is 8.13. The van der Waals surface area contributed by atoms with E-state index in [0.29, 0.717) is 18.0 Å². The average Bonchev–Trinajstić information content (AvgIpc) is 3.04. The number of sulfone groups is 1. The molecule has 0 radical (unpaired) electrons. The van der Waals surface area contributed by atoms with Crippen LogP contribution in [0.3, 0.4) is 0 Å². The zero-order valence-electron chi connectivity index (χ0n) is 14.3. The zero-order chi connectivity index (χ0) is 18.7. The third-order valence-corrected chi connectivity index (χ3v) is 5.40. The van der Waals surface area contributed by atoms with Gasteiger partial charge in [-0.05, 0) is 36.2 Å². The van der Waals surface area contributed by atoms with E-state index in [1.165, 1.54) is 6.26 Å². The van der Waals surface area contributed by atoms with Crippen molar-refractivity contribution >= 4 is 21.4 Å². The predicted octanol–water partition coefficient (Wildman–Crippen LogP) is 3.66. The van der Waals surface area contributed by atoms with Crippen LogP contribution in [0.2, 0.25) is 5.02 Å². The van der Waals surface area contributed by atoms with Crippen LogP contribution in [0.25, 0.3) is 22.4 Å². The Morgan fingerprint density at radius 2 is 1.65 bits per heavy atom. The smallest absolute Gasteiger partial charge is 0.175 e. The number of aromatic nitrogens is 2. The van der Waals surface area contributed by atoms with E-state index in [0.717, 1.165) is 22.4 Å². The monoisotopic (exact) mass is 390 g/mol. The molecule has 0 unspecified atom stereocenters. The largest absolute Gasteiger partial charge is 0.396 e. The molecule has 5 nitrogen and oxygen atoms in total. The van der Waals surface area contributed by atoms with E-state index in [4.69, 9.17) is 16.7 Å².